The van der Waals surface area contributed by atoms with Crippen molar-refractivity contribution >= 4 is 44.9 Å². The molecule has 0 fully saturated rings. The molecule has 0 aliphatic heterocycles. The predicted molar refractivity (Wildman–Crippen MR) is 162 cm³/mol. The molecular weight excluding hydrogens is 507 g/mol. The van der Waals surface area contributed by atoms with Crippen molar-refractivity contribution in [3.63, 3.8) is 0 Å². The molecule has 6 rings (SSSR count). The normalized spacial score (nSPS) is 17.8. The van der Waals surface area contributed by atoms with Crippen LogP contribution in [-0.2, 0) is 0 Å². The molecule has 0 saturated heterocycles. The van der Waals surface area contributed by atoms with E-state index in [2.05, 4.69) is 86.7 Å². The summed E-state index contributed by atoms with van der Waals surface area (Å²) in [6, 6.07) is 32.1. The summed E-state index contributed by atoms with van der Waals surface area (Å²) in [6.07, 6.45) is 4.77. The van der Waals surface area contributed by atoms with E-state index in [1.807, 2.05) is 24.3 Å². The Hall–Kier alpha value is -2.84. The average molecular weight is 536 g/mol. The van der Waals surface area contributed by atoms with Crippen molar-refractivity contribution in [2.24, 2.45) is 0 Å². The van der Waals surface area contributed by atoms with Crippen LogP contribution in [0.15, 0.2) is 96.1 Å². The summed E-state index contributed by atoms with van der Waals surface area (Å²) in [7, 11) is 0.884. The summed E-state index contributed by atoms with van der Waals surface area (Å²) < 4.78 is 0. The van der Waals surface area contributed by atoms with Crippen LogP contribution in [-0.4, -0.2) is 9.52 Å². The monoisotopic (exact) mass is 534 g/mol. The minimum absolute atomic E-state index is 0.482. The molecule has 2 atom stereocenters. The van der Waals surface area contributed by atoms with Gasteiger partial charge in [0.2, 0.25) is 0 Å². The molecule has 0 N–H and O–H groups in total. The van der Waals surface area contributed by atoms with E-state index in [1.54, 1.807) is 0 Å². The molecule has 3 heteroatoms. The highest BCUT2D eigenvalue weighted by atomic mass is 35.5. The third kappa shape index (κ3) is 4.44. The van der Waals surface area contributed by atoms with Crippen molar-refractivity contribution in [3.8, 4) is 22.3 Å². The van der Waals surface area contributed by atoms with E-state index in [9.17, 15) is 0 Å². The number of fused-ring (bicyclic) bond motifs is 2. The van der Waals surface area contributed by atoms with Crippen molar-refractivity contribution in [1.29, 1.82) is 0 Å². The Balaban J connectivity index is 1.22. The third-order valence-electron chi connectivity index (χ3n) is 7.90. The van der Waals surface area contributed by atoms with E-state index < -0.39 is 0 Å². The van der Waals surface area contributed by atoms with Crippen LogP contribution in [0, 0.1) is 0 Å². The molecule has 0 aromatic heterocycles. The van der Waals surface area contributed by atoms with Gasteiger partial charge in [-0.2, -0.15) is 0 Å². The van der Waals surface area contributed by atoms with Crippen molar-refractivity contribution < 1.29 is 0 Å². The van der Waals surface area contributed by atoms with E-state index in [1.165, 1.54) is 56.6 Å². The van der Waals surface area contributed by atoms with Gasteiger partial charge in [-0.05, 0) is 59.4 Å². The lowest BCUT2D eigenvalue weighted by atomic mass is 9.93. The summed E-state index contributed by atoms with van der Waals surface area (Å²) in [5, 5.41) is 1.62. The highest BCUT2D eigenvalue weighted by molar-refractivity contribution is 6.36. The third-order valence-corrected chi connectivity index (χ3v) is 9.95. The van der Waals surface area contributed by atoms with Gasteiger partial charge >= 0.3 is 0 Å². The van der Waals surface area contributed by atoms with Crippen LogP contribution in [0.5, 0.6) is 0 Å². The standard InChI is InChI=1S/C34H28Cl2Si/c1-21-17-29-23(27-9-3-5-15-33(27)35)11-7-13-25(29)31(21)19-37-20-32-22(2)18-30-24(12-8-14-26(30)32)28-10-4-6-16-34(28)36/h3-18,31-32H,19-20H2,1-2H3. The van der Waals surface area contributed by atoms with Gasteiger partial charge in [0.1, 0.15) is 0 Å². The van der Waals surface area contributed by atoms with Gasteiger partial charge in [0.15, 0.2) is 0 Å². The highest BCUT2D eigenvalue weighted by Crippen LogP contribution is 2.46. The molecule has 0 bridgehead atoms. The molecule has 0 amide bonds. The van der Waals surface area contributed by atoms with Crippen LogP contribution < -0.4 is 0 Å². The van der Waals surface area contributed by atoms with E-state index >= 15 is 0 Å². The van der Waals surface area contributed by atoms with E-state index in [0.29, 0.717) is 11.8 Å². The maximum atomic E-state index is 6.57. The van der Waals surface area contributed by atoms with Crippen molar-refractivity contribution in [2.45, 2.75) is 37.8 Å². The van der Waals surface area contributed by atoms with Crippen LogP contribution >= 0.6 is 23.2 Å². The molecule has 0 heterocycles. The first-order valence-electron chi connectivity index (χ1n) is 12.9. The first kappa shape index (κ1) is 24.5. The number of benzene rings is 4. The van der Waals surface area contributed by atoms with Gasteiger partial charge in [0.25, 0.3) is 0 Å². The van der Waals surface area contributed by atoms with Crippen LogP contribution in [0.25, 0.3) is 34.4 Å². The Bertz CT molecular complexity index is 1450. The lowest BCUT2D eigenvalue weighted by Gasteiger charge is -2.19. The summed E-state index contributed by atoms with van der Waals surface area (Å²) in [6.45, 7) is 4.58. The summed E-state index contributed by atoms with van der Waals surface area (Å²) in [5.41, 5.74) is 13.2. The number of rotatable bonds is 6. The fourth-order valence-corrected chi connectivity index (χ4v) is 8.29. The molecule has 0 nitrogen and oxygen atoms in total. The Kier molecular flexibility index (Phi) is 6.71. The van der Waals surface area contributed by atoms with Gasteiger partial charge in [-0.25, -0.2) is 0 Å². The Labute approximate surface area is 232 Å². The fourth-order valence-electron chi connectivity index (χ4n) is 5.99. The molecule has 2 aliphatic rings. The molecule has 2 unspecified atom stereocenters. The SMILES string of the molecule is CC1=Cc2c(-c3ccccc3Cl)cccc2C1C[Si]CC1C(C)=Cc2c(-c3ccccc3Cl)cccc21. The molecule has 0 spiro atoms. The van der Waals surface area contributed by atoms with Crippen LogP contribution in [0.1, 0.15) is 47.9 Å². The lowest BCUT2D eigenvalue weighted by Crippen LogP contribution is -2.06. The van der Waals surface area contributed by atoms with Crippen LogP contribution in [0.3, 0.4) is 0 Å². The first-order chi connectivity index (χ1) is 18.0. The Morgan fingerprint density at radius 3 is 1.38 bits per heavy atom. The molecule has 37 heavy (non-hydrogen) atoms. The number of allylic oxidation sites excluding steroid dienone is 2. The molecular formula is C34H28Cl2Si. The quantitative estimate of drug-likeness (QED) is 0.216. The van der Waals surface area contributed by atoms with E-state index in [-0.39, 0.29) is 0 Å². The maximum absolute atomic E-state index is 6.57. The van der Waals surface area contributed by atoms with Gasteiger partial charge < -0.3 is 0 Å². The number of hydrogen-bond donors (Lipinski definition) is 0. The minimum atomic E-state index is 0.482. The van der Waals surface area contributed by atoms with Gasteiger partial charge in [0, 0.05) is 42.5 Å². The second-order valence-corrected chi connectivity index (χ2v) is 12.2. The topological polar surface area (TPSA) is 0 Å². The minimum Gasteiger partial charge on any atom is -0.0837 e. The molecule has 4 aromatic carbocycles. The maximum Gasteiger partial charge on any atom is 0.0484 e. The second kappa shape index (κ2) is 10.1. The molecule has 182 valence electrons. The first-order valence-corrected chi connectivity index (χ1v) is 15.0. The molecule has 2 radical (unpaired) electrons. The summed E-state index contributed by atoms with van der Waals surface area (Å²) >= 11 is 13.1. The average Bonchev–Trinajstić information content (AvgIpc) is 3.40. The van der Waals surface area contributed by atoms with Crippen LogP contribution in [0.2, 0.25) is 22.1 Å². The zero-order valence-corrected chi connectivity index (χ0v) is 23.6. The Morgan fingerprint density at radius 1 is 0.541 bits per heavy atom. The van der Waals surface area contributed by atoms with E-state index in [4.69, 9.17) is 23.2 Å². The lowest BCUT2D eigenvalue weighted by molar-refractivity contribution is 0.876. The van der Waals surface area contributed by atoms with E-state index in [0.717, 1.165) is 30.7 Å². The van der Waals surface area contributed by atoms with Crippen molar-refractivity contribution in [1.82, 2.24) is 0 Å². The zero-order chi connectivity index (χ0) is 25.5. The molecule has 4 aromatic rings. The highest BCUT2D eigenvalue weighted by Gasteiger charge is 2.28. The van der Waals surface area contributed by atoms with Gasteiger partial charge in [-0.3, -0.25) is 0 Å². The van der Waals surface area contributed by atoms with Gasteiger partial charge in [0.05, 0.1) is 0 Å². The molecule has 0 saturated carbocycles. The number of halogens is 2. The van der Waals surface area contributed by atoms with Crippen molar-refractivity contribution in [3.05, 3.63) is 128 Å². The smallest absolute Gasteiger partial charge is 0.0484 e. The molecule has 2 aliphatic carbocycles. The zero-order valence-electron chi connectivity index (χ0n) is 21.1. The Morgan fingerprint density at radius 2 is 0.946 bits per heavy atom. The summed E-state index contributed by atoms with van der Waals surface area (Å²) in [4.78, 5) is 0. The summed E-state index contributed by atoms with van der Waals surface area (Å²) in [5.74, 6) is 0.964. The van der Waals surface area contributed by atoms with Crippen LogP contribution in [0.4, 0.5) is 0 Å². The predicted octanol–water partition coefficient (Wildman–Crippen LogP) is 10.6. The fraction of sp³-hybridized carbons (Fsp3) is 0.176. The largest absolute Gasteiger partial charge is 0.0837 e. The number of hydrogen-bond acceptors (Lipinski definition) is 0. The van der Waals surface area contributed by atoms with Crippen molar-refractivity contribution in [2.75, 3.05) is 0 Å². The second-order valence-electron chi connectivity index (χ2n) is 10.1. The van der Waals surface area contributed by atoms with Gasteiger partial charge in [-0.1, -0.05) is 131 Å². The van der Waals surface area contributed by atoms with Gasteiger partial charge in [-0.15, -0.1) is 0 Å².